The first-order chi connectivity index (χ1) is 7.56. The van der Waals surface area contributed by atoms with Crippen LogP contribution in [0.15, 0.2) is 18.2 Å². The van der Waals surface area contributed by atoms with Gasteiger partial charge in [-0.1, -0.05) is 31.0 Å². The van der Waals surface area contributed by atoms with Gasteiger partial charge in [0.1, 0.15) is 0 Å². The van der Waals surface area contributed by atoms with E-state index in [9.17, 15) is 9.18 Å². The van der Waals surface area contributed by atoms with Gasteiger partial charge in [0, 0.05) is 0 Å². The second-order valence-electron chi connectivity index (χ2n) is 3.29. The summed E-state index contributed by atoms with van der Waals surface area (Å²) in [5, 5.41) is 8.76. The number of rotatable bonds is 5. The van der Waals surface area contributed by atoms with Gasteiger partial charge in [0.25, 0.3) is 0 Å². The zero-order valence-corrected chi connectivity index (χ0v) is 9.50. The van der Waals surface area contributed by atoms with E-state index in [1.165, 1.54) is 18.2 Å². The fourth-order valence-electron chi connectivity index (χ4n) is 1.22. The average molecular weight is 247 g/mol. The van der Waals surface area contributed by atoms with Crippen molar-refractivity contribution in [1.82, 2.24) is 0 Å². The molecule has 1 unspecified atom stereocenters. The Hall–Kier alpha value is -1.29. The van der Waals surface area contributed by atoms with Gasteiger partial charge in [0.15, 0.2) is 17.7 Å². The van der Waals surface area contributed by atoms with Gasteiger partial charge in [0.2, 0.25) is 0 Å². The molecule has 0 saturated heterocycles. The third-order valence-electron chi connectivity index (χ3n) is 2.01. The minimum atomic E-state index is -1.11. The maximum Gasteiger partial charge on any atom is 0.344 e. The maximum absolute atomic E-state index is 13.4. The number of aliphatic carboxylic acids is 1. The van der Waals surface area contributed by atoms with Crippen LogP contribution in [0, 0.1) is 5.82 Å². The molecule has 16 heavy (non-hydrogen) atoms. The maximum atomic E-state index is 13.4. The van der Waals surface area contributed by atoms with Gasteiger partial charge in [0.05, 0.1) is 5.02 Å². The average Bonchev–Trinajstić information content (AvgIpc) is 2.23. The number of hydrogen-bond donors (Lipinski definition) is 1. The van der Waals surface area contributed by atoms with Crippen LogP contribution in [-0.2, 0) is 4.79 Å². The van der Waals surface area contributed by atoms with E-state index in [0.717, 1.165) is 0 Å². The molecule has 0 aliphatic heterocycles. The Kier molecular flexibility index (Phi) is 4.55. The zero-order valence-electron chi connectivity index (χ0n) is 8.74. The Bertz CT molecular complexity index is 381. The summed E-state index contributed by atoms with van der Waals surface area (Å²) in [4.78, 5) is 10.8. The van der Waals surface area contributed by atoms with E-state index in [0.29, 0.717) is 12.8 Å². The third-order valence-corrected chi connectivity index (χ3v) is 2.30. The highest BCUT2D eigenvalue weighted by Gasteiger charge is 2.20. The SMILES string of the molecule is CCCC(Oc1cccc(Cl)c1F)C(=O)O. The summed E-state index contributed by atoms with van der Waals surface area (Å²) in [5.74, 6) is -1.97. The summed E-state index contributed by atoms with van der Waals surface area (Å²) in [6.45, 7) is 1.83. The molecule has 0 spiro atoms. The molecule has 0 aromatic heterocycles. The molecule has 3 nitrogen and oxygen atoms in total. The minimum Gasteiger partial charge on any atom is -0.479 e. The smallest absolute Gasteiger partial charge is 0.344 e. The Balaban J connectivity index is 2.85. The van der Waals surface area contributed by atoms with E-state index in [2.05, 4.69) is 0 Å². The molecule has 0 heterocycles. The van der Waals surface area contributed by atoms with E-state index >= 15 is 0 Å². The molecule has 5 heteroatoms. The van der Waals surface area contributed by atoms with E-state index < -0.39 is 17.9 Å². The lowest BCUT2D eigenvalue weighted by Crippen LogP contribution is -2.27. The van der Waals surface area contributed by atoms with Crippen LogP contribution in [0.5, 0.6) is 5.75 Å². The van der Waals surface area contributed by atoms with Crippen LogP contribution >= 0.6 is 11.6 Å². The first-order valence-electron chi connectivity index (χ1n) is 4.89. The lowest BCUT2D eigenvalue weighted by Gasteiger charge is -2.14. The topological polar surface area (TPSA) is 46.5 Å². The summed E-state index contributed by atoms with van der Waals surface area (Å²) >= 11 is 5.55. The molecule has 1 rings (SSSR count). The highest BCUT2D eigenvalue weighted by atomic mass is 35.5. The third kappa shape index (κ3) is 3.10. The van der Waals surface area contributed by atoms with Crippen LogP contribution in [0.2, 0.25) is 5.02 Å². The lowest BCUT2D eigenvalue weighted by molar-refractivity contribution is -0.145. The highest BCUT2D eigenvalue weighted by molar-refractivity contribution is 6.30. The first-order valence-corrected chi connectivity index (χ1v) is 5.27. The predicted molar refractivity (Wildman–Crippen MR) is 58.4 cm³/mol. The molecule has 0 bridgehead atoms. The van der Waals surface area contributed by atoms with Gasteiger partial charge in [-0.05, 0) is 18.6 Å². The summed E-state index contributed by atoms with van der Waals surface area (Å²) < 4.78 is 18.5. The number of hydrogen-bond acceptors (Lipinski definition) is 2. The number of carboxylic acid groups (broad SMARTS) is 1. The standard InChI is InChI=1S/C11H12ClFO3/c1-2-4-9(11(14)15)16-8-6-3-5-7(12)10(8)13/h3,5-6,9H,2,4H2,1H3,(H,14,15). The molecule has 1 N–H and O–H groups in total. The van der Waals surface area contributed by atoms with Gasteiger partial charge in [-0.3, -0.25) is 0 Å². The van der Waals surface area contributed by atoms with Crippen molar-refractivity contribution in [1.29, 1.82) is 0 Å². The summed E-state index contributed by atoms with van der Waals surface area (Å²) in [6.07, 6.45) is -0.0848. The number of halogens is 2. The van der Waals surface area contributed by atoms with Crippen LogP contribution in [0.3, 0.4) is 0 Å². The van der Waals surface area contributed by atoms with E-state index in [1.54, 1.807) is 0 Å². The van der Waals surface area contributed by atoms with Crippen LogP contribution < -0.4 is 4.74 Å². The van der Waals surface area contributed by atoms with Crippen molar-refractivity contribution in [3.8, 4) is 5.75 Å². The van der Waals surface area contributed by atoms with Crippen LogP contribution in [0.25, 0.3) is 0 Å². The highest BCUT2D eigenvalue weighted by Crippen LogP contribution is 2.25. The molecule has 0 amide bonds. The quantitative estimate of drug-likeness (QED) is 0.868. The van der Waals surface area contributed by atoms with E-state index in [-0.39, 0.29) is 10.8 Å². The summed E-state index contributed by atoms with van der Waals surface area (Å²) in [6, 6.07) is 4.23. The van der Waals surface area contributed by atoms with E-state index in [4.69, 9.17) is 21.4 Å². The predicted octanol–water partition coefficient (Wildman–Crippen LogP) is 3.11. The summed E-state index contributed by atoms with van der Waals surface area (Å²) in [5.41, 5.74) is 0. The van der Waals surface area contributed by atoms with Crippen molar-refractivity contribution in [3.05, 3.63) is 29.0 Å². The summed E-state index contributed by atoms with van der Waals surface area (Å²) in [7, 11) is 0. The molecule has 0 saturated carbocycles. The largest absolute Gasteiger partial charge is 0.479 e. The van der Waals surface area contributed by atoms with Crippen LogP contribution in [0.4, 0.5) is 4.39 Å². The molecular weight excluding hydrogens is 235 g/mol. The van der Waals surface area contributed by atoms with Gasteiger partial charge in [-0.15, -0.1) is 0 Å². The van der Waals surface area contributed by atoms with Crippen molar-refractivity contribution in [2.24, 2.45) is 0 Å². The number of carbonyl (C=O) groups is 1. The number of carboxylic acids is 1. The normalized spacial score (nSPS) is 12.2. The number of ether oxygens (including phenoxy) is 1. The first kappa shape index (κ1) is 12.8. The van der Waals surface area contributed by atoms with Crippen molar-refractivity contribution >= 4 is 17.6 Å². The Morgan fingerprint density at radius 1 is 1.62 bits per heavy atom. The Morgan fingerprint density at radius 3 is 2.88 bits per heavy atom. The van der Waals surface area contributed by atoms with Crippen LogP contribution in [0.1, 0.15) is 19.8 Å². The molecule has 0 radical (unpaired) electrons. The van der Waals surface area contributed by atoms with Crippen molar-refractivity contribution in [2.75, 3.05) is 0 Å². The van der Waals surface area contributed by atoms with Crippen molar-refractivity contribution < 1.29 is 19.0 Å². The van der Waals surface area contributed by atoms with Gasteiger partial charge in [-0.2, -0.15) is 0 Å². The van der Waals surface area contributed by atoms with Crippen LogP contribution in [-0.4, -0.2) is 17.2 Å². The van der Waals surface area contributed by atoms with Gasteiger partial charge in [-0.25, -0.2) is 9.18 Å². The monoisotopic (exact) mass is 246 g/mol. The zero-order chi connectivity index (χ0) is 12.1. The second kappa shape index (κ2) is 5.70. The molecular formula is C11H12ClFO3. The molecule has 0 fully saturated rings. The Morgan fingerprint density at radius 2 is 2.31 bits per heavy atom. The second-order valence-corrected chi connectivity index (χ2v) is 3.69. The Labute approximate surface area is 97.8 Å². The van der Waals surface area contributed by atoms with Gasteiger partial charge >= 0.3 is 5.97 Å². The number of benzene rings is 1. The fraction of sp³-hybridized carbons (Fsp3) is 0.364. The van der Waals surface area contributed by atoms with Crippen molar-refractivity contribution in [3.63, 3.8) is 0 Å². The minimum absolute atomic E-state index is 0.0851. The molecule has 0 aliphatic carbocycles. The molecule has 1 atom stereocenters. The molecule has 1 aromatic carbocycles. The molecule has 88 valence electrons. The van der Waals surface area contributed by atoms with E-state index in [1.807, 2.05) is 6.92 Å². The molecule has 0 aliphatic rings. The van der Waals surface area contributed by atoms with Gasteiger partial charge < -0.3 is 9.84 Å². The molecule has 1 aromatic rings. The fourth-order valence-corrected chi connectivity index (χ4v) is 1.39. The lowest BCUT2D eigenvalue weighted by atomic mass is 10.2. The van der Waals surface area contributed by atoms with Crippen molar-refractivity contribution in [2.45, 2.75) is 25.9 Å².